The van der Waals surface area contributed by atoms with E-state index in [1.165, 1.54) is 0 Å². The number of ketones is 1. The summed E-state index contributed by atoms with van der Waals surface area (Å²) in [6.07, 6.45) is 0.553. The van der Waals surface area contributed by atoms with Crippen molar-refractivity contribution < 1.29 is 14.7 Å². The molecule has 0 bridgehead atoms. The third kappa shape index (κ3) is 4.65. The van der Waals surface area contributed by atoms with Crippen LogP contribution >= 0.6 is 0 Å². The number of phenols is 1. The van der Waals surface area contributed by atoms with E-state index >= 15 is 0 Å². The van der Waals surface area contributed by atoms with Crippen LogP contribution in [0.4, 0.5) is 0 Å². The SMILES string of the molecule is C[C@H](C(=O)NCCc1ccccc1O)c1cccc(C(=O)c2ccccc2)c1. The van der Waals surface area contributed by atoms with Crippen molar-refractivity contribution in [2.45, 2.75) is 19.3 Å². The maximum absolute atomic E-state index is 12.6. The first-order valence-corrected chi connectivity index (χ1v) is 9.30. The van der Waals surface area contributed by atoms with Gasteiger partial charge in [-0.1, -0.05) is 66.7 Å². The Morgan fingerprint density at radius 1 is 0.893 bits per heavy atom. The van der Waals surface area contributed by atoms with E-state index in [1.54, 1.807) is 42.5 Å². The second kappa shape index (κ2) is 9.00. The van der Waals surface area contributed by atoms with Crippen molar-refractivity contribution in [2.75, 3.05) is 6.54 Å². The van der Waals surface area contributed by atoms with Crippen LogP contribution in [0.25, 0.3) is 0 Å². The Balaban J connectivity index is 1.63. The molecule has 3 rings (SSSR count). The van der Waals surface area contributed by atoms with Crippen LogP contribution in [0.1, 0.15) is 39.9 Å². The second-order valence-electron chi connectivity index (χ2n) is 6.71. The fraction of sp³-hybridized carbons (Fsp3) is 0.167. The van der Waals surface area contributed by atoms with E-state index < -0.39 is 0 Å². The van der Waals surface area contributed by atoms with Gasteiger partial charge in [-0.25, -0.2) is 0 Å². The summed E-state index contributed by atoms with van der Waals surface area (Å²) >= 11 is 0. The zero-order valence-electron chi connectivity index (χ0n) is 15.8. The van der Waals surface area contributed by atoms with E-state index in [0.717, 1.165) is 11.1 Å². The molecular formula is C24H23NO3. The van der Waals surface area contributed by atoms with Gasteiger partial charge in [0.05, 0.1) is 5.92 Å². The first-order chi connectivity index (χ1) is 13.6. The maximum Gasteiger partial charge on any atom is 0.227 e. The molecule has 4 nitrogen and oxygen atoms in total. The highest BCUT2D eigenvalue weighted by atomic mass is 16.3. The van der Waals surface area contributed by atoms with E-state index in [1.807, 2.05) is 43.3 Å². The van der Waals surface area contributed by atoms with Crippen molar-refractivity contribution in [3.63, 3.8) is 0 Å². The molecule has 0 aromatic heterocycles. The molecule has 1 amide bonds. The molecule has 0 saturated heterocycles. The number of para-hydroxylation sites is 1. The van der Waals surface area contributed by atoms with E-state index in [2.05, 4.69) is 5.32 Å². The predicted octanol–water partition coefficient (Wildman–Crippen LogP) is 4.09. The quantitative estimate of drug-likeness (QED) is 0.613. The third-order valence-corrected chi connectivity index (χ3v) is 4.76. The molecule has 0 spiro atoms. The third-order valence-electron chi connectivity index (χ3n) is 4.76. The molecule has 0 radical (unpaired) electrons. The molecule has 0 aliphatic rings. The standard InChI is InChI=1S/C24H23NO3/c1-17(24(28)25-15-14-18-8-5-6-13-22(18)26)20-11-7-12-21(16-20)23(27)19-9-3-2-4-10-19/h2-13,16-17,26H,14-15H2,1H3,(H,25,28)/t17-/m0/s1. The summed E-state index contributed by atoms with van der Waals surface area (Å²) in [4.78, 5) is 25.1. The number of hydrogen-bond donors (Lipinski definition) is 2. The Bertz CT molecular complexity index is 966. The summed E-state index contributed by atoms with van der Waals surface area (Å²) in [5.41, 5.74) is 2.78. The zero-order chi connectivity index (χ0) is 19.9. The fourth-order valence-corrected chi connectivity index (χ4v) is 3.05. The Morgan fingerprint density at radius 3 is 2.32 bits per heavy atom. The first-order valence-electron chi connectivity index (χ1n) is 9.30. The van der Waals surface area contributed by atoms with Crippen LogP contribution in [0.5, 0.6) is 5.75 Å². The number of hydrogen-bond acceptors (Lipinski definition) is 3. The summed E-state index contributed by atoms with van der Waals surface area (Å²) in [6, 6.07) is 23.4. The largest absolute Gasteiger partial charge is 0.508 e. The van der Waals surface area contributed by atoms with Crippen molar-refractivity contribution in [3.8, 4) is 5.75 Å². The van der Waals surface area contributed by atoms with Crippen molar-refractivity contribution in [2.24, 2.45) is 0 Å². The number of benzene rings is 3. The number of rotatable bonds is 7. The fourth-order valence-electron chi connectivity index (χ4n) is 3.05. The van der Waals surface area contributed by atoms with Crippen molar-refractivity contribution in [1.82, 2.24) is 5.32 Å². The highest BCUT2D eigenvalue weighted by Gasteiger charge is 2.17. The van der Waals surface area contributed by atoms with Crippen LogP contribution in [-0.4, -0.2) is 23.3 Å². The van der Waals surface area contributed by atoms with Crippen LogP contribution in [0, 0.1) is 0 Å². The minimum Gasteiger partial charge on any atom is -0.508 e. The molecule has 0 aliphatic heterocycles. The summed E-state index contributed by atoms with van der Waals surface area (Å²) in [6.45, 7) is 2.25. The van der Waals surface area contributed by atoms with Gasteiger partial charge in [0.25, 0.3) is 0 Å². The Kier molecular flexibility index (Phi) is 6.22. The number of phenolic OH excluding ortho intramolecular Hbond substituents is 1. The number of amides is 1. The summed E-state index contributed by atoms with van der Waals surface area (Å²) in [5, 5.41) is 12.7. The van der Waals surface area contributed by atoms with Gasteiger partial charge in [-0.2, -0.15) is 0 Å². The van der Waals surface area contributed by atoms with Gasteiger partial charge in [0.1, 0.15) is 5.75 Å². The second-order valence-corrected chi connectivity index (χ2v) is 6.71. The van der Waals surface area contributed by atoms with Gasteiger partial charge in [-0.3, -0.25) is 9.59 Å². The molecule has 0 fully saturated rings. The van der Waals surface area contributed by atoms with E-state index in [4.69, 9.17) is 0 Å². The van der Waals surface area contributed by atoms with Crippen LogP contribution in [0.2, 0.25) is 0 Å². The van der Waals surface area contributed by atoms with Crippen LogP contribution in [0.15, 0.2) is 78.9 Å². The minimum atomic E-state index is -0.382. The van der Waals surface area contributed by atoms with Crippen LogP contribution < -0.4 is 5.32 Å². The predicted molar refractivity (Wildman–Crippen MR) is 110 cm³/mol. The molecule has 142 valence electrons. The highest BCUT2D eigenvalue weighted by molar-refractivity contribution is 6.09. The van der Waals surface area contributed by atoms with Gasteiger partial charge in [-0.05, 0) is 36.6 Å². The lowest BCUT2D eigenvalue weighted by Crippen LogP contribution is -2.29. The van der Waals surface area contributed by atoms with Gasteiger partial charge in [0.15, 0.2) is 5.78 Å². The number of aromatic hydroxyl groups is 1. The van der Waals surface area contributed by atoms with Crippen LogP contribution in [0.3, 0.4) is 0 Å². The van der Waals surface area contributed by atoms with Gasteiger partial charge >= 0.3 is 0 Å². The molecule has 3 aromatic carbocycles. The molecule has 3 aromatic rings. The Hall–Kier alpha value is -3.40. The molecule has 0 heterocycles. The molecule has 1 atom stereocenters. The Labute approximate surface area is 164 Å². The van der Waals surface area contributed by atoms with E-state index in [0.29, 0.717) is 24.1 Å². The highest BCUT2D eigenvalue weighted by Crippen LogP contribution is 2.19. The van der Waals surface area contributed by atoms with Crippen molar-refractivity contribution >= 4 is 11.7 Å². The van der Waals surface area contributed by atoms with Gasteiger partial charge in [0.2, 0.25) is 5.91 Å². The molecule has 0 saturated carbocycles. The lowest BCUT2D eigenvalue weighted by atomic mass is 9.95. The molecule has 2 N–H and O–H groups in total. The summed E-state index contributed by atoms with van der Waals surface area (Å²) in [7, 11) is 0. The molecule has 4 heteroatoms. The van der Waals surface area contributed by atoms with Crippen molar-refractivity contribution in [1.29, 1.82) is 0 Å². The average molecular weight is 373 g/mol. The first kappa shape index (κ1) is 19.4. The number of carbonyl (C=O) groups excluding carboxylic acids is 2. The minimum absolute atomic E-state index is 0.0605. The number of nitrogens with one attached hydrogen (secondary N) is 1. The normalized spacial score (nSPS) is 11.6. The molecule has 28 heavy (non-hydrogen) atoms. The van der Waals surface area contributed by atoms with Crippen LogP contribution in [-0.2, 0) is 11.2 Å². The molecular weight excluding hydrogens is 350 g/mol. The maximum atomic E-state index is 12.6. The van der Waals surface area contributed by atoms with E-state index in [9.17, 15) is 14.7 Å². The summed E-state index contributed by atoms with van der Waals surface area (Å²) in [5.74, 6) is -0.320. The summed E-state index contributed by atoms with van der Waals surface area (Å²) < 4.78 is 0. The monoisotopic (exact) mass is 373 g/mol. The van der Waals surface area contributed by atoms with E-state index in [-0.39, 0.29) is 23.4 Å². The lowest BCUT2D eigenvalue weighted by Gasteiger charge is -2.14. The van der Waals surface area contributed by atoms with Gasteiger partial charge in [-0.15, -0.1) is 0 Å². The Morgan fingerprint density at radius 2 is 1.57 bits per heavy atom. The van der Waals surface area contributed by atoms with Crippen molar-refractivity contribution in [3.05, 3.63) is 101 Å². The number of carbonyl (C=O) groups is 2. The molecule has 0 aliphatic carbocycles. The molecule has 0 unspecified atom stereocenters. The average Bonchev–Trinajstić information content (AvgIpc) is 2.74. The zero-order valence-corrected chi connectivity index (χ0v) is 15.8. The lowest BCUT2D eigenvalue weighted by molar-refractivity contribution is -0.122. The van der Waals surface area contributed by atoms with Gasteiger partial charge < -0.3 is 10.4 Å². The smallest absolute Gasteiger partial charge is 0.227 e. The van der Waals surface area contributed by atoms with Gasteiger partial charge in [0, 0.05) is 17.7 Å². The topological polar surface area (TPSA) is 66.4 Å².